The van der Waals surface area contributed by atoms with Crippen molar-refractivity contribution in [2.75, 3.05) is 32.1 Å². The van der Waals surface area contributed by atoms with E-state index >= 15 is 0 Å². The lowest BCUT2D eigenvalue weighted by Crippen LogP contribution is -2.43. The van der Waals surface area contributed by atoms with Crippen LogP contribution in [0.2, 0.25) is 0 Å². The zero-order chi connectivity index (χ0) is 19.1. The Labute approximate surface area is 176 Å². The Morgan fingerprint density at radius 2 is 1.69 bits per heavy atom. The van der Waals surface area contributed by atoms with Crippen molar-refractivity contribution in [2.45, 2.75) is 40.5 Å². The van der Waals surface area contributed by atoms with Crippen LogP contribution in [0.5, 0.6) is 0 Å². The first-order chi connectivity index (χ1) is 11.5. The first-order valence-electron chi connectivity index (χ1n) is 8.70. The van der Waals surface area contributed by atoms with Gasteiger partial charge in [0.1, 0.15) is 9.84 Å². The van der Waals surface area contributed by atoms with Gasteiger partial charge in [0.05, 0.1) is 5.75 Å². The number of hydrogen-bond donors (Lipinski definition) is 2. The standard InChI is InChI=1S/C19H33N3O2S.HI/c1-15-11-16(2)13-17(12-15)7-9-21-18(20-5)22-14-19(3,4)8-10-25(6,23)24;/h11-13H,7-10,14H2,1-6H3,(H2,20,21,22);1H. The number of guanidine groups is 1. The highest BCUT2D eigenvalue weighted by Crippen LogP contribution is 2.19. The average Bonchev–Trinajstić information content (AvgIpc) is 2.47. The second-order valence-corrected chi connectivity index (χ2v) is 9.90. The third-order valence-corrected chi connectivity index (χ3v) is 5.04. The smallest absolute Gasteiger partial charge is 0.191 e. The predicted octanol–water partition coefficient (Wildman–Crippen LogP) is 3.09. The summed E-state index contributed by atoms with van der Waals surface area (Å²) in [7, 11) is -1.18. The second-order valence-electron chi connectivity index (χ2n) is 7.64. The Hall–Kier alpha value is -0.830. The molecule has 1 aromatic carbocycles. The first kappa shape index (κ1) is 25.2. The van der Waals surface area contributed by atoms with E-state index in [-0.39, 0.29) is 35.1 Å². The van der Waals surface area contributed by atoms with Crippen LogP contribution in [0.4, 0.5) is 0 Å². The van der Waals surface area contributed by atoms with E-state index in [1.54, 1.807) is 7.05 Å². The van der Waals surface area contributed by atoms with Crippen molar-refractivity contribution in [3.63, 3.8) is 0 Å². The van der Waals surface area contributed by atoms with Crippen LogP contribution >= 0.6 is 24.0 Å². The van der Waals surface area contributed by atoms with Gasteiger partial charge in [0.15, 0.2) is 5.96 Å². The van der Waals surface area contributed by atoms with Gasteiger partial charge in [0, 0.05) is 26.4 Å². The van der Waals surface area contributed by atoms with Gasteiger partial charge in [-0.3, -0.25) is 4.99 Å². The molecule has 0 unspecified atom stereocenters. The third kappa shape index (κ3) is 11.0. The van der Waals surface area contributed by atoms with Crippen LogP contribution in [-0.4, -0.2) is 46.5 Å². The molecule has 0 atom stereocenters. The zero-order valence-electron chi connectivity index (χ0n) is 16.8. The van der Waals surface area contributed by atoms with Gasteiger partial charge in [-0.15, -0.1) is 24.0 Å². The fourth-order valence-electron chi connectivity index (χ4n) is 2.63. The Morgan fingerprint density at radius 3 is 2.19 bits per heavy atom. The Morgan fingerprint density at radius 1 is 1.12 bits per heavy atom. The molecule has 150 valence electrons. The number of halogens is 1. The van der Waals surface area contributed by atoms with Crippen LogP contribution in [0.25, 0.3) is 0 Å². The molecule has 1 rings (SSSR count). The first-order valence-corrected chi connectivity index (χ1v) is 10.8. The predicted molar refractivity (Wildman–Crippen MR) is 123 cm³/mol. The molecule has 7 heteroatoms. The summed E-state index contributed by atoms with van der Waals surface area (Å²) in [4.78, 5) is 4.24. The summed E-state index contributed by atoms with van der Waals surface area (Å²) in [6.45, 7) is 9.83. The second kappa shape index (κ2) is 11.1. The zero-order valence-corrected chi connectivity index (χ0v) is 20.0. The molecule has 0 saturated heterocycles. The lowest BCUT2D eigenvalue weighted by atomic mass is 9.90. The minimum Gasteiger partial charge on any atom is -0.356 e. The van der Waals surface area contributed by atoms with E-state index in [1.165, 1.54) is 22.9 Å². The molecule has 0 heterocycles. The molecule has 0 aromatic heterocycles. The Balaban J connectivity index is 0.00000625. The van der Waals surface area contributed by atoms with E-state index in [2.05, 4.69) is 61.5 Å². The quantitative estimate of drug-likeness (QED) is 0.331. The summed E-state index contributed by atoms with van der Waals surface area (Å²) in [5, 5.41) is 6.62. The van der Waals surface area contributed by atoms with Crippen molar-refractivity contribution >= 4 is 39.8 Å². The maximum Gasteiger partial charge on any atom is 0.191 e. The number of nitrogens with one attached hydrogen (secondary N) is 2. The lowest BCUT2D eigenvalue weighted by molar-refractivity contribution is 0.348. The van der Waals surface area contributed by atoms with Gasteiger partial charge in [-0.2, -0.15) is 0 Å². The molecule has 0 fully saturated rings. The maximum absolute atomic E-state index is 11.3. The molecule has 5 nitrogen and oxygen atoms in total. The molecular formula is C19H34IN3O2S. The van der Waals surface area contributed by atoms with Crippen molar-refractivity contribution in [3.8, 4) is 0 Å². The van der Waals surface area contributed by atoms with Gasteiger partial charge in [-0.1, -0.05) is 43.2 Å². The van der Waals surface area contributed by atoms with Crippen molar-refractivity contribution in [1.82, 2.24) is 10.6 Å². The molecule has 0 saturated carbocycles. The van der Waals surface area contributed by atoms with Crippen molar-refractivity contribution in [1.29, 1.82) is 0 Å². The molecule has 0 aliphatic carbocycles. The molecule has 0 aliphatic rings. The van der Waals surface area contributed by atoms with Crippen LogP contribution < -0.4 is 10.6 Å². The molecule has 1 aromatic rings. The number of hydrogen-bond acceptors (Lipinski definition) is 3. The molecule has 2 N–H and O–H groups in total. The number of aryl methyl sites for hydroxylation is 2. The Kier molecular flexibility index (Phi) is 10.8. The number of sulfone groups is 1. The van der Waals surface area contributed by atoms with Gasteiger partial charge in [0.2, 0.25) is 0 Å². The fourth-order valence-corrected chi connectivity index (χ4v) is 3.56. The molecule has 0 radical (unpaired) electrons. The highest BCUT2D eigenvalue weighted by atomic mass is 127. The molecule has 0 spiro atoms. The minimum absolute atomic E-state index is 0. The molecule has 0 amide bonds. The summed E-state index contributed by atoms with van der Waals surface area (Å²) in [6.07, 6.45) is 2.84. The highest BCUT2D eigenvalue weighted by molar-refractivity contribution is 14.0. The normalized spacial score (nSPS) is 12.5. The molecule has 0 bridgehead atoms. The van der Waals surface area contributed by atoms with E-state index in [1.807, 2.05) is 0 Å². The summed E-state index contributed by atoms with van der Waals surface area (Å²) < 4.78 is 22.7. The lowest BCUT2D eigenvalue weighted by Gasteiger charge is -2.25. The summed E-state index contributed by atoms with van der Waals surface area (Å²) in [5.74, 6) is 0.956. The van der Waals surface area contributed by atoms with Gasteiger partial charge in [-0.05, 0) is 37.7 Å². The van der Waals surface area contributed by atoms with Crippen molar-refractivity contribution < 1.29 is 8.42 Å². The van der Waals surface area contributed by atoms with Gasteiger partial charge >= 0.3 is 0 Å². The van der Waals surface area contributed by atoms with Crippen LogP contribution in [0, 0.1) is 19.3 Å². The van der Waals surface area contributed by atoms with Crippen LogP contribution in [0.3, 0.4) is 0 Å². The topological polar surface area (TPSA) is 70.6 Å². The van der Waals surface area contributed by atoms with E-state index in [4.69, 9.17) is 0 Å². The van der Waals surface area contributed by atoms with Crippen molar-refractivity contribution in [2.24, 2.45) is 10.4 Å². The van der Waals surface area contributed by atoms with E-state index in [0.29, 0.717) is 13.0 Å². The van der Waals surface area contributed by atoms with Crippen molar-refractivity contribution in [3.05, 3.63) is 34.9 Å². The largest absolute Gasteiger partial charge is 0.356 e. The number of nitrogens with zero attached hydrogens (tertiary/aromatic N) is 1. The highest BCUT2D eigenvalue weighted by Gasteiger charge is 2.20. The monoisotopic (exact) mass is 495 g/mol. The summed E-state index contributed by atoms with van der Waals surface area (Å²) >= 11 is 0. The van der Waals surface area contributed by atoms with E-state index in [0.717, 1.165) is 18.9 Å². The number of benzene rings is 1. The van der Waals surface area contributed by atoms with Gasteiger partial charge in [-0.25, -0.2) is 8.42 Å². The molecule has 26 heavy (non-hydrogen) atoms. The van der Waals surface area contributed by atoms with Gasteiger partial charge < -0.3 is 10.6 Å². The summed E-state index contributed by atoms with van der Waals surface area (Å²) in [5.41, 5.74) is 3.76. The molecular weight excluding hydrogens is 461 g/mol. The van der Waals surface area contributed by atoms with Crippen LogP contribution in [0.1, 0.15) is 37.0 Å². The minimum atomic E-state index is -2.93. The Bertz CT molecular complexity index is 680. The van der Waals surface area contributed by atoms with Gasteiger partial charge in [0.25, 0.3) is 0 Å². The fraction of sp³-hybridized carbons (Fsp3) is 0.632. The number of aliphatic imine (C=N–C) groups is 1. The number of rotatable bonds is 8. The van der Waals surface area contributed by atoms with E-state index < -0.39 is 9.84 Å². The van der Waals surface area contributed by atoms with Crippen LogP contribution in [0.15, 0.2) is 23.2 Å². The molecule has 0 aliphatic heterocycles. The maximum atomic E-state index is 11.3. The van der Waals surface area contributed by atoms with Crippen LogP contribution in [-0.2, 0) is 16.3 Å². The van der Waals surface area contributed by atoms with E-state index in [9.17, 15) is 8.42 Å². The SMILES string of the molecule is CN=C(NCCc1cc(C)cc(C)c1)NCC(C)(C)CCS(C)(=O)=O.I. The summed E-state index contributed by atoms with van der Waals surface area (Å²) in [6, 6.07) is 6.59. The third-order valence-electron chi connectivity index (χ3n) is 4.10. The average molecular weight is 495 g/mol.